The van der Waals surface area contributed by atoms with Crippen molar-refractivity contribution < 1.29 is 23.5 Å². The molecule has 7 heteroatoms. The van der Waals surface area contributed by atoms with Gasteiger partial charge < -0.3 is 9.52 Å². The molecule has 0 radical (unpaired) electrons. The number of benzene rings is 2. The lowest BCUT2D eigenvalue weighted by Crippen LogP contribution is -2.31. The first-order valence-electron chi connectivity index (χ1n) is 9.50. The Kier molecular flexibility index (Phi) is 4.36. The van der Waals surface area contributed by atoms with Crippen LogP contribution in [0.2, 0.25) is 0 Å². The molecule has 0 saturated heterocycles. The molecule has 2 aromatic carbocycles. The molecule has 1 atom stereocenters. The number of carbonyl (C=O) groups excluding carboxylic acids is 2. The number of hydrogen-bond donors (Lipinski definition) is 1. The number of rotatable bonds is 4. The van der Waals surface area contributed by atoms with E-state index in [-0.39, 0.29) is 17.0 Å². The first-order valence-corrected chi connectivity index (χ1v) is 9.50. The van der Waals surface area contributed by atoms with Gasteiger partial charge in [0.15, 0.2) is 11.5 Å². The number of aliphatic hydroxyl groups excluding tert-OH is 1. The molecule has 31 heavy (non-hydrogen) atoms. The largest absolute Gasteiger partial charge is 0.503 e. The third-order valence-electron chi connectivity index (χ3n) is 5.21. The number of amides is 1. The number of aromatic nitrogens is 1. The summed E-state index contributed by atoms with van der Waals surface area (Å²) >= 11 is 0. The zero-order valence-corrected chi connectivity index (χ0v) is 16.0. The van der Waals surface area contributed by atoms with Crippen molar-refractivity contribution >= 4 is 28.3 Å². The van der Waals surface area contributed by atoms with E-state index in [9.17, 15) is 19.1 Å². The van der Waals surface area contributed by atoms with E-state index in [2.05, 4.69) is 4.98 Å². The van der Waals surface area contributed by atoms with Gasteiger partial charge in [0, 0.05) is 23.5 Å². The summed E-state index contributed by atoms with van der Waals surface area (Å²) in [5, 5.41) is 11.4. The van der Waals surface area contributed by atoms with E-state index in [0.717, 1.165) is 5.39 Å². The molecular weight excluding hydrogens is 399 g/mol. The minimum atomic E-state index is -0.974. The van der Waals surface area contributed by atoms with Gasteiger partial charge in [-0.05, 0) is 48.0 Å². The number of hydrogen-bond acceptors (Lipinski definition) is 5. The molecule has 4 aromatic rings. The lowest BCUT2D eigenvalue weighted by atomic mass is 9.95. The Morgan fingerprint density at radius 3 is 2.55 bits per heavy atom. The lowest BCUT2D eigenvalue weighted by molar-refractivity contribution is -0.117. The Bertz CT molecular complexity index is 1330. The van der Waals surface area contributed by atoms with Crippen LogP contribution in [-0.4, -0.2) is 21.8 Å². The quantitative estimate of drug-likeness (QED) is 0.487. The topological polar surface area (TPSA) is 83.6 Å². The maximum absolute atomic E-state index is 13.9. The fourth-order valence-corrected chi connectivity index (χ4v) is 3.82. The van der Waals surface area contributed by atoms with Crippen LogP contribution in [0.15, 0.2) is 94.9 Å². The summed E-state index contributed by atoms with van der Waals surface area (Å²) in [6, 6.07) is 16.4. The van der Waals surface area contributed by atoms with Crippen molar-refractivity contribution in [1.82, 2.24) is 4.98 Å². The minimum Gasteiger partial charge on any atom is -0.503 e. The van der Waals surface area contributed by atoms with Crippen molar-refractivity contribution in [3.05, 3.63) is 108 Å². The summed E-state index contributed by atoms with van der Waals surface area (Å²) in [6.45, 7) is 0. The fraction of sp³-hybridized carbons (Fsp3) is 0.0417. The van der Waals surface area contributed by atoms with Crippen molar-refractivity contribution in [3.8, 4) is 0 Å². The van der Waals surface area contributed by atoms with E-state index in [4.69, 9.17) is 4.42 Å². The molecule has 1 aliphatic heterocycles. The number of halogens is 1. The number of pyridine rings is 1. The molecule has 5 rings (SSSR count). The molecule has 152 valence electrons. The average molecular weight is 414 g/mol. The Balaban J connectivity index is 1.67. The van der Waals surface area contributed by atoms with Crippen molar-refractivity contribution in [1.29, 1.82) is 0 Å². The van der Waals surface area contributed by atoms with Gasteiger partial charge in [-0.2, -0.15) is 0 Å². The number of carbonyl (C=O) groups is 2. The van der Waals surface area contributed by atoms with Crippen LogP contribution >= 0.6 is 0 Å². The number of fused-ring (bicyclic) bond motifs is 1. The number of nitrogens with zero attached hydrogens (tertiary/aromatic N) is 2. The lowest BCUT2D eigenvalue weighted by Gasteiger charge is -2.26. The zero-order chi connectivity index (χ0) is 21.5. The third kappa shape index (κ3) is 3.07. The van der Waals surface area contributed by atoms with E-state index >= 15 is 0 Å². The zero-order valence-electron chi connectivity index (χ0n) is 16.0. The summed E-state index contributed by atoms with van der Waals surface area (Å²) in [5.74, 6) is -2.67. The van der Waals surface area contributed by atoms with Gasteiger partial charge in [-0.15, -0.1) is 0 Å². The van der Waals surface area contributed by atoms with Gasteiger partial charge in [-0.1, -0.05) is 24.3 Å². The van der Waals surface area contributed by atoms with Crippen LogP contribution in [0.25, 0.3) is 11.0 Å². The molecule has 0 fully saturated rings. The summed E-state index contributed by atoms with van der Waals surface area (Å²) < 4.78 is 19.6. The molecule has 0 saturated carbocycles. The second kappa shape index (κ2) is 7.21. The molecule has 2 aromatic heterocycles. The summed E-state index contributed by atoms with van der Waals surface area (Å²) in [4.78, 5) is 31.6. The molecule has 1 amide bonds. The highest BCUT2D eigenvalue weighted by atomic mass is 19.1. The van der Waals surface area contributed by atoms with Gasteiger partial charge in [0.1, 0.15) is 11.4 Å². The Morgan fingerprint density at radius 1 is 1.03 bits per heavy atom. The first-order chi connectivity index (χ1) is 15.0. The first kappa shape index (κ1) is 18.7. The van der Waals surface area contributed by atoms with Crippen LogP contribution in [-0.2, 0) is 4.79 Å². The minimum absolute atomic E-state index is 0.00398. The number of anilines is 1. The predicted molar refractivity (Wildman–Crippen MR) is 111 cm³/mol. The third-order valence-corrected chi connectivity index (χ3v) is 5.21. The molecule has 0 spiro atoms. The van der Waals surface area contributed by atoms with Crippen LogP contribution in [0.5, 0.6) is 0 Å². The van der Waals surface area contributed by atoms with Gasteiger partial charge >= 0.3 is 0 Å². The van der Waals surface area contributed by atoms with Gasteiger partial charge in [0.05, 0.1) is 11.6 Å². The summed E-state index contributed by atoms with van der Waals surface area (Å²) in [6.07, 6.45) is 3.03. The van der Waals surface area contributed by atoms with Crippen molar-refractivity contribution in [2.45, 2.75) is 6.04 Å². The van der Waals surface area contributed by atoms with E-state index < -0.39 is 29.3 Å². The molecular formula is C24H15FN2O4. The van der Waals surface area contributed by atoms with Crippen LogP contribution in [0, 0.1) is 5.82 Å². The van der Waals surface area contributed by atoms with Crippen molar-refractivity contribution in [2.24, 2.45) is 0 Å². The van der Waals surface area contributed by atoms with Crippen molar-refractivity contribution in [3.63, 3.8) is 0 Å². The summed E-state index contributed by atoms with van der Waals surface area (Å²) in [5.41, 5.74) is 1.12. The van der Waals surface area contributed by atoms with Gasteiger partial charge in [0.25, 0.3) is 5.91 Å². The maximum atomic E-state index is 13.9. The number of para-hydroxylation sites is 1. The SMILES string of the molecule is O=C(C1=C(O)C(=O)N(c2cccc(F)c2)C1c1ccncc1)c1cc2ccccc2o1. The molecule has 1 N–H and O–H groups in total. The molecule has 6 nitrogen and oxygen atoms in total. The highest BCUT2D eigenvalue weighted by Gasteiger charge is 2.45. The van der Waals surface area contributed by atoms with Gasteiger partial charge in [0.2, 0.25) is 5.78 Å². The Hall–Kier alpha value is -4.26. The molecule has 3 heterocycles. The van der Waals surface area contributed by atoms with Gasteiger partial charge in [-0.3, -0.25) is 19.5 Å². The number of furan rings is 1. The van der Waals surface area contributed by atoms with Crippen LogP contribution in [0.3, 0.4) is 0 Å². The highest BCUT2D eigenvalue weighted by molar-refractivity contribution is 6.20. The second-order valence-electron chi connectivity index (χ2n) is 7.08. The second-order valence-corrected chi connectivity index (χ2v) is 7.08. The number of Topliss-reactive ketones (excluding diaryl/α,β-unsaturated/α-hetero) is 1. The maximum Gasteiger partial charge on any atom is 0.294 e. The fourth-order valence-electron chi connectivity index (χ4n) is 3.82. The summed E-state index contributed by atoms with van der Waals surface area (Å²) in [7, 11) is 0. The van der Waals surface area contributed by atoms with E-state index in [1.54, 1.807) is 36.4 Å². The number of aliphatic hydroxyl groups is 1. The number of ketones is 1. The van der Waals surface area contributed by atoms with E-state index in [1.165, 1.54) is 41.6 Å². The molecule has 0 aliphatic carbocycles. The molecule has 1 unspecified atom stereocenters. The monoisotopic (exact) mass is 414 g/mol. The Morgan fingerprint density at radius 2 is 1.81 bits per heavy atom. The van der Waals surface area contributed by atoms with Crippen LogP contribution < -0.4 is 4.90 Å². The van der Waals surface area contributed by atoms with Gasteiger partial charge in [-0.25, -0.2) is 4.39 Å². The van der Waals surface area contributed by atoms with Crippen LogP contribution in [0.1, 0.15) is 22.2 Å². The van der Waals surface area contributed by atoms with Crippen molar-refractivity contribution in [2.75, 3.05) is 4.90 Å². The smallest absolute Gasteiger partial charge is 0.294 e. The standard InChI is InChI=1S/C24H15FN2O4/c25-16-5-3-6-17(13-16)27-21(14-8-10-26-11-9-14)20(23(29)24(27)30)22(28)19-12-15-4-1-2-7-18(15)31-19/h1-13,21,29H. The molecule has 0 bridgehead atoms. The van der Waals surface area contributed by atoms with E-state index in [0.29, 0.717) is 11.1 Å². The average Bonchev–Trinajstić information content (AvgIpc) is 3.33. The normalized spacial score (nSPS) is 16.4. The molecule has 1 aliphatic rings. The van der Waals surface area contributed by atoms with Crippen LogP contribution in [0.4, 0.5) is 10.1 Å². The Labute approximate surface area is 175 Å². The van der Waals surface area contributed by atoms with E-state index in [1.807, 2.05) is 6.07 Å². The highest BCUT2D eigenvalue weighted by Crippen LogP contribution is 2.42. The predicted octanol–water partition coefficient (Wildman–Crippen LogP) is 4.75.